The van der Waals surface area contributed by atoms with Crippen LogP contribution < -0.4 is 0 Å². The summed E-state index contributed by atoms with van der Waals surface area (Å²) in [6.45, 7) is 0. The van der Waals surface area contributed by atoms with Gasteiger partial charge in [0.2, 0.25) is 0 Å². The maximum absolute atomic E-state index is 12.5. The Morgan fingerprint density at radius 3 is 3.00 bits per heavy atom. The first-order valence-corrected chi connectivity index (χ1v) is 5.02. The number of alkyl halides is 2. The number of halogens is 2. The predicted octanol–water partition coefficient (Wildman–Crippen LogP) is 3.39. The average Bonchev–Trinajstić information content (AvgIpc) is 2.04. The fourth-order valence-corrected chi connectivity index (χ4v) is 1.38. The molecule has 2 heteroatoms. The molecule has 0 aliphatic heterocycles. The maximum Gasteiger partial charge on any atom is 0.122 e. The zero-order valence-electron chi connectivity index (χ0n) is 6.39. The molecule has 0 aromatic rings. The van der Waals surface area contributed by atoms with Crippen molar-refractivity contribution in [2.45, 2.75) is 25.4 Å². The molecule has 0 saturated carbocycles. The van der Waals surface area contributed by atoms with Gasteiger partial charge in [-0.25, -0.2) is 4.39 Å². The standard InChI is InChI=1S/C9H12BrF/c10-7-1-2-8-3-5-9(11)6-4-8/h3-5,9H,1-2,6-7H2. The Kier molecular flexibility index (Phi) is 3.84. The van der Waals surface area contributed by atoms with E-state index < -0.39 is 6.17 Å². The first-order chi connectivity index (χ1) is 5.33. The van der Waals surface area contributed by atoms with E-state index in [1.165, 1.54) is 5.57 Å². The largest absolute Gasteiger partial charge is 0.243 e. The lowest BCUT2D eigenvalue weighted by Gasteiger charge is -2.08. The van der Waals surface area contributed by atoms with Gasteiger partial charge in [0.1, 0.15) is 6.17 Å². The molecule has 62 valence electrons. The second kappa shape index (κ2) is 4.70. The highest BCUT2D eigenvalue weighted by Crippen LogP contribution is 2.17. The Labute approximate surface area is 75.3 Å². The van der Waals surface area contributed by atoms with Crippen molar-refractivity contribution in [1.82, 2.24) is 0 Å². The molecular weight excluding hydrogens is 207 g/mol. The first-order valence-electron chi connectivity index (χ1n) is 3.90. The van der Waals surface area contributed by atoms with Crippen molar-refractivity contribution < 1.29 is 4.39 Å². The van der Waals surface area contributed by atoms with Gasteiger partial charge in [-0.05, 0) is 12.8 Å². The van der Waals surface area contributed by atoms with Gasteiger partial charge in [0.25, 0.3) is 0 Å². The van der Waals surface area contributed by atoms with Crippen molar-refractivity contribution in [1.29, 1.82) is 0 Å². The van der Waals surface area contributed by atoms with Crippen LogP contribution in [0.2, 0.25) is 0 Å². The van der Waals surface area contributed by atoms with Gasteiger partial charge in [0, 0.05) is 11.8 Å². The Bertz CT molecular complexity index is 172. The summed E-state index contributed by atoms with van der Waals surface area (Å²) in [4.78, 5) is 0. The molecule has 0 bridgehead atoms. The van der Waals surface area contributed by atoms with Crippen LogP contribution in [0.15, 0.2) is 23.8 Å². The summed E-state index contributed by atoms with van der Waals surface area (Å²) in [6, 6.07) is 0. The lowest BCUT2D eigenvalue weighted by molar-refractivity contribution is 0.400. The molecule has 0 fully saturated rings. The van der Waals surface area contributed by atoms with E-state index in [-0.39, 0.29) is 0 Å². The molecule has 1 atom stereocenters. The number of allylic oxidation sites excluding steroid dienone is 4. The molecule has 0 radical (unpaired) electrons. The third kappa shape index (κ3) is 3.19. The van der Waals surface area contributed by atoms with Gasteiger partial charge in [-0.3, -0.25) is 0 Å². The molecule has 0 aromatic carbocycles. The SMILES string of the molecule is FC1C=CC(CCCBr)=CC1. The van der Waals surface area contributed by atoms with Gasteiger partial charge < -0.3 is 0 Å². The van der Waals surface area contributed by atoms with E-state index in [4.69, 9.17) is 0 Å². The zero-order chi connectivity index (χ0) is 8.10. The Morgan fingerprint density at radius 2 is 2.45 bits per heavy atom. The second-order valence-corrected chi connectivity index (χ2v) is 3.48. The Hall–Kier alpha value is -0.110. The van der Waals surface area contributed by atoms with E-state index in [1.807, 2.05) is 12.2 Å². The summed E-state index contributed by atoms with van der Waals surface area (Å²) in [5.41, 5.74) is 1.28. The minimum absolute atomic E-state index is 0.564. The van der Waals surface area contributed by atoms with Crippen LogP contribution in [-0.4, -0.2) is 11.5 Å². The third-order valence-electron chi connectivity index (χ3n) is 1.72. The minimum Gasteiger partial charge on any atom is -0.243 e. The summed E-state index contributed by atoms with van der Waals surface area (Å²) in [6.07, 6.45) is 7.55. The maximum atomic E-state index is 12.5. The van der Waals surface area contributed by atoms with Crippen molar-refractivity contribution in [2.75, 3.05) is 5.33 Å². The molecule has 1 aliphatic rings. The summed E-state index contributed by atoms with van der Waals surface area (Å²) in [7, 11) is 0. The molecule has 0 aromatic heterocycles. The van der Waals surface area contributed by atoms with Gasteiger partial charge in [0.15, 0.2) is 0 Å². The molecule has 11 heavy (non-hydrogen) atoms. The number of hydrogen-bond donors (Lipinski definition) is 0. The van der Waals surface area contributed by atoms with Crippen molar-refractivity contribution >= 4 is 15.9 Å². The highest BCUT2D eigenvalue weighted by molar-refractivity contribution is 9.09. The lowest BCUT2D eigenvalue weighted by Crippen LogP contribution is -1.98. The number of rotatable bonds is 3. The second-order valence-electron chi connectivity index (χ2n) is 2.68. The van der Waals surface area contributed by atoms with Crippen LogP contribution in [0.25, 0.3) is 0 Å². The summed E-state index contributed by atoms with van der Waals surface area (Å²) in [5, 5.41) is 1.03. The van der Waals surface area contributed by atoms with E-state index >= 15 is 0 Å². The van der Waals surface area contributed by atoms with E-state index in [0.29, 0.717) is 6.42 Å². The molecule has 1 rings (SSSR count). The van der Waals surface area contributed by atoms with Gasteiger partial charge >= 0.3 is 0 Å². The monoisotopic (exact) mass is 218 g/mol. The highest BCUT2D eigenvalue weighted by Gasteiger charge is 2.05. The minimum atomic E-state index is -0.747. The van der Waals surface area contributed by atoms with Crippen LogP contribution >= 0.6 is 15.9 Å². The molecule has 0 amide bonds. The molecule has 0 heterocycles. The van der Waals surface area contributed by atoms with Crippen LogP contribution in [0.5, 0.6) is 0 Å². The van der Waals surface area contributed by atoms with Crippen LogP contribution in [-0.2, 0) is 0 Å². The lowest BCUT2D eigenvalue weighted by atomic mass is 10.0. The van der Waals surface area contributed by atoms with E-state index in [2.05, 4.69) is 15.9 Å². The Balaban J connectivity index is 2.31. The highest BCUT2D eigenvalue weighted by atomic mass is 79.9. The molecular formula is C9H12BrF. The predicted molar refractivity (Wildman–Crippen MR) is 49.8 cm³/mol. The quantitative estimate of drug-likeness (QED) is 0.638. The summed E-state index contributed by atoms with van der Waals surface area (Å²) >= 11 is 3.36. The smallest absolute Gasteiger partial charge is 0.122 e. The van der Waals surface area contributed by atoms with E-state index in [0.717, 1.165) is 18.2 Å². The fraction of sp³-hybridized carbons (Fsp3) is 0.556. The average molecular weight is 219 g/mol. The third-order valence-corrected chi connectivity index (χ3v) is 2.28. The van der Waals surface area contributed by atoms with Gasteiger partial charge in [-0.15, -0.1) is 0 Å². The number of hydrogen-bond acceptors (Lipinski definition) is 0. The summed E-state index contributed by atoms with van der Waals surface area (Å²) < 4.78 is 12.5. The fourth-order valence-electron chi connectivity index (χ4n) is 1.09. The molecule has 1 aliphatic carbocycles. The molecule has 0 N–H and O–H groups in total. The molecule has 0 nitrogen and oxygen atoms in total. The van der Waals surface area contributed by atoms with Crippen LogP contribution in [0.4, 0.5) is 4.39 Å². The van der Waals surface area contributed by atoms with Crippen molar-refractivity contribution in [3.63, 3.8) is 0 Å². The zero-order valence-corrected chi connectivity index (χ0v) is 7.98. The Morgan fingerprint density at radius 1 is 1.64 bits per heavy atom. The molecule has 1 unspecified atom stereocenters. The van der Waals surface area contributed by atoms with Crippen LogP contribution in [0, 0.1) is 0 Å². The van der Waals surface area contributed by atoms with Crippen LogP contribution in [0.1, 0.15) is 19.3 Å². The van der Waals surface area contributed by atoms with Gasteiger partial charge in [-0.1, -0.05) is 39.7 Å². The van der Waals surface area contributed by atoms with Crippen molar-refractivity contribution in [3.8, 4) is 0 Å². The van der Waals surface area contributed by atoms with Crippen molar-refractivity contribution in [2.24, 2.45) is 0 Å². The van der Waals surface area contributed by atoms with Gasteiger partial charge in [0.05, 0.1) is 0 Å². The summed E-state index contributed by atoms with van der Waals surface area (Å²) in [5.74, 6) is 0. The van der Waals surface area contributed by atoms with Crippen LogP contribution in [0.3, 0.4) is 0 Å². The first kappa shape index (κ1) is 8.98. The normalized spacial score (nSPS) is 23.5. The van der Waals surface area contributed by atoms with E-state index in [1.54, 1.807) is 6.08 Å². The van der Waals surface area contributed by atoms with Gasteiger partial charge in [-0.2, -0.15) is 0 Å². The molecule has 0 saturated heterocycles. The topological polar surface area (TPSA) is 0 Å². The molecule has 0 spiro atoms. The van der Waals surface area contributed by atoms with Crippen molar-refractivity contribution in [3.05, 3.63) is 23.8 Å². The van der Waals surface area contributed by atoms with E-state index in [9.17, 15) is 4.39 Å².